The summed E-state index contributed by atoms with van der Waals surface area (Å²) in [5.74, 6) is 2.28. The normalized spacial score (nSPS) is 22.9. The molecule has 0 radical (unpaired) electrons. The average molecular weight is 270 g/mol. The second kappa shape index (κ2) is 6.23. The SMILES string of the molecule is Cc1cnc(CNC2CCCCC2c2ccccc2)o1. The molecule has 1 fully saturated rings. The van der Waals surface area contributed by atoms with E-state index in [4.69, 9.17) is 4.42 Å². The highest BCUT2D eigenvalue weighted by Crippen LogP contribution is 2.33. The molecule has 0 aliphatic heterocycles. The van der Waals surface area contributed by atoms with Gasteiger partial charge < -0.3 is 9.73 Å². The Morgan fingerprint density at radius 3 is 2.75 bits per heavy atom. The topological polar surface area (TPSA) is 38.1 Å². The Morgan fingerprint density at radius 2 is 2.00 bits per heavy atom. The van der Waals surface area contributed by atoms with Crippen LogP contribution in [-0.2, 0) is 6.54 Å². The van der Waals surface area contributed by atoms with Gasteiger partial charge in [0.2, 0.25) is 5.89 Å². The Balaban J connectivity index is 1.66. The lowest BCUT2D eigenvalue weighted by atomic mass is 9.80. The van der Waals surface area contributed by atoms with Crippen LogP contribution in [0.25, 0.3) is 0 Å². The third kappa shape index (κ3) is 3.10. The molecule has 1 heterocycles. The average Bonchev–Trinajstić information content (AvgIpc) is 2.92. The molecular weight excluding hydrogens is 248 g/mol. The van der Waals surface area contributed by atoms with Crippen LogP contribution in [0.15, 0.2) is 40.9 Å². The van der Waals surface area contributed by atoms with Gasteiger partial charge in [-0.15, -0.1) is 0 Å². The van der Waals surface area contributed by atoms with Gasteiger partial charge in [0.1, 0.15) is 5.76 Å². The molecule has 2 atom stereocenters. The summed E-state index contributed by atoms with van der Waals surface area (Å²) >= 11 is 0. The van der Waals surface area contributed by atoms with Gasteiger partial charge in [0.15, 0.2) is 0 Å². The number of nitrogens with zero attached hydrogens (tertiary/aromatic N) is 1. The first-order valence-electron chi connectivity index (χ1n) is 7.52. The highest BCUT2D eigenvalue weighted by Gasteiger charge is 2.26. The van der Waals surface area contributed by atoms with E-state index in [1.807, 2.05) is 6.92 Å². The van der Waals surface area contributed by atoms with Crippen LogP contribution in [0, 0.1) is 6.92 Å². The summed E-state index contributed by atoms with van der Waals surface area (Å²) in [4.78, 5) is 4.27. The fraction of sp³-hybridized carbons (Fsp3) is 0.471. The number of rotatable bonds is 4. The molecule has 2 unspecified atom stereocenters. The monoisotopic (exact) mass is 270 g/mol. The summed E-state index contributed by atoms with van der Waals surface area (Å²) < 4.78 is 5.54. The molecule has 106 valence electrons. The maximum absolute atomic E-state index is 5.54. The minimum atomic E-state index is 0.526. The maximum atomic E-state index is 5.54. The predicted molar refractivity (Wildman–Crippen MR) is 79.5 cm³/mol. The lowest BCUT2D eigenvalue weighted by molar-refractivity contribution is 0.312. The minimum absolute atomic E-state index is 0.526. The van der Waals surface area contributed by atoms with Crippen molar-refractivity contribution < 1.29 is 4.42 Å². The summed E-state index contributed by atoms with van der Waals surface area (Å²) in [6.07, 6.45) is 6.93. The van der Waals surface area contributed by atoms with Crippen LogP contribution in [0.2, 0.25) is 0 Å². The lowest BCUT2D eigenvalue weighted by Crippen LogP contribution is -2.36. The fourth-order valence-electron chi connectivity index (χ4n) is 3.18. The van der Waals surface area contributed by atoms with E-state index in [1.165, 1.54) is 31.2 Å². The molecule has 1 aromatic carbocycles. The number of benzene rings is 1. The zero-order valence-corrected chi connectivity index (χ0v) is 12.0. The fourth-order valence-corrected chi connectivity index (χ4v) is 3.18. The number of aryl methyl sites for hydroxylation is 1. The molecule has 2 aromatic rings. The molecule has 3 rings (SSSR count). The molecule has 1 saturated carbocycles. The molecule has 0 amide bonds. The summed E-state index contributed by atoms with van der Waals surface area (Å²) in [5.41, 5.74) is 1.45. The third-order valence-corrected chi connectivity index (χ3v) is 4.18. The first kappa shape index (κ1) is 13.4. The summed E-state index contributed by atoms with van der Waals surface area (Å²) in [6, 6.07) is 11.4. The first-order valence-corrected chi connectivity index (χ1v) is 7.52. The van der Waals surface area contributed by atoms with Crippen LogP contribution < -0.4 is 5.32 Å². The van der Waals surface area contributed by atoms with Crippen molar-refractivity contribution in [2.24, 2.45) is 0 Å². The molecule has 0 saturated heterocycles. The van der Waals surface area contributed by atoms with Crippen LogP contribution in [0.4, 0.5) is 0 Å². The zero-order valence-electron chi connectivity index (χ0n) is 12.0. The molecular formula is C17H22N2O. The van der Waals surface area contributed by atoms with Gasteiger partial charge in [-0.05, 0) is 31.2 Å². The summed E-state index contributed by atoms with van der Waals surface area (Å²) in [5, 5.41) is 3.64. The molecule has 1 aromatic heterocycles. The van der Waals surface area contributed by atoms with E-state index < -0.39 is 0 Å². The van der Waals surface area contributed by atoms with Crippen molar-refractivity contribution in [3.8, 4) is 0 Å². The summed E-state index contributed by atoms with van der Waals surface area (Å²) in [7, 11) is 0. The van der Waals surface area contributed by atoms with E-state index in [0.29, 0.717) is 12.0 Å². The third-order valence-electron chi connectivity index (χ3n) is 4.18. The predicted octanol–water partition coefficient (Wildman–Crippen LogP) is 3.80. The second-order valence-corrected chi connectivity index (χ2v) is 5.65. The van der Waals surface area contributed by atoms with E-state index in [2.05, 4.69) is 40.6 Å². The van der Waals surface area contributed by atoms with Gasteiger partial charge in [-0.2, -0.15) is 0 Å². The van der Waals surface area contributed by atoms with Crippen molar-refractivity contribution in [2.75, 3.05) is 0 Å². The highest BCUT2D eigenvalue weighted by molar-refractivity contribution is 5.22. The molecule has 1 aliphatic carbocycles. The standard InChI is InChI=1S/C17H22N2O/c1-13-11-19-17(20-13)12-18-16-10-6-5-9-15(16)14-7-3-2-4-8-14/h2-4,7-8,11,15-16,18H,5-6,9-10,12H2,1H3. The lowest BCUT2D eigenvalue weighted by Gasteiger charge is -2.32. The quantitative estimate of drug-likeness (QED) is 0.918. The Bertz CT molecular complexity index is 535. The molecule has 0 spiro atoms. The van der Waals surface area contributed by atoms with Crippen LogP contribution >= 0.6 is 0 Å². The molecule has 1 N–H and O–H groups in total. The Labute approximate surface area is 120 Å². The van der Waals surface area contributed by atoms with Crippen LogP contribution in [-0.4, -0.2) is 11.0 Å². The molecule has 3 nitrogen and oxygen atoms in total. The van der Waals surface area contributed by atoms with Crippen molar-refractivity contribution in [3.05, 3.63) is 53.7 Å². The largest absolute Gasteiger partial charge is 0.445 e. The number of aromatic nitrogens is 1. The zero-order chi connectivity index (χ0) is 13.8. The van der Waals surface area contributed by atoms with Crippen LogP contribution in [0.5, 0.6) is 0 Å². The van der Waals surface area contributed by atoms with Crippen molar-refractivity contribution in [1.82, 2.24) is 10.3 Å². The second-order valence-electron chi connectivity index (χ2n) is 5.65. The van der Waals surface area contributed by atoms with Gasteiger partial charge in [-0.3, -0.25) is 0 Å². The number of hydrogen-bond acceptors (Lipinski definition) is 3. The van der Waals surface area contributed by atoms with Crippen LogP contribution in [0.3, 0.4) is 0 Å². The van der Waals surface area contributed by atoms with E-state index in [9.17, 15) is 0 Å². The highest BCUT2D eigenvalue weighted by atomic mass is 16.4. The van der Waals surface area contributed by atoms with Gasteiger partial charge in [0, 0.05) is 6.04 Å². The molecule has 0 bridgehead atoms. The number of hydrogen-bond donors (Lipinski definition) is 1. The van der Waals surface area contributed by atoms with Gasteiger partial charge >= 0.3 is 0 Å². The van der Waals surface area contributed by atoms with E-state index in [1.54, 1.807) is 6.20 Å². The van der Waals surface area contributed by atoms with Crippen molar-refractivity contribution in [2.45, 2.75) is 51.1 Å². The van der Waals surface area contributed by atoms with E-state index in [-0.39, 0.29) is 0 Å². The van der Waals surface area contributed by atoms with Crippen molar-refractivity contribution in [1.29, 1.82) is 0 Å². The molecule has 3 heteroatoms. The van der Waals surface area contributed by atoms with E-state index >= 15 is 0 Å². The maximum Gasteiger partial charge on any atom is 0.208 e. The minimum Gasteiger partial charge on any atom is -0.445 e. The van der Waals surface area contributed by atoms with Gasteiger partial charge in [-0.1, -0.05) is 43.2 Å². The van der Waals surface area contributed by atoms with Crippen molar-refractivity contribution in [3.63, 3.8) is 0 Å². The Morgan fingerprint density at radius 1 is 1.20 bits per heavy atom. The van der Waals surface area contributed by atoms with Gasteiger partial charge in [0.05, 0.1) is 12.7 Å². The smallest absolute Gasteiger partial charge is 0.208 e. The first-order chi connectivity index (χ1) is 9.83. The molecule has 1 aliphatic rings. The Hall–Kier alpha value is -1.61. The molecule has 20 heavy (non-hydrogen) atoms. The van der Waals surface area contributed by atoms with Crippen LogP contribution in [0.1, 0.15) is 48.8 Å². The Kier molecular flexibility index (Phi) is 4.16. The van der Waals surface area contributed by atoms with Crippen molar-refractivity contribution >= 4 is 0 Å². The number of nitrogens with one attached hydrogen (secondary N) is 1. The van der Waals surface area contributed by atoms with E-state index in [0.717, 1.165) is 18.2 Å². The summed E-state index contributed by atoms with van der Waals surface area (Å²) in [6.45, 7) is 2.66. The van der Waals surface area contributed by atoms with Gasteiger partial charge in [-0.25, -0.2) is 4.98 Å². The number of oxazole rings is 1. The van der Waals surface area contributed by atoms with Gasteiger partial charge in [0.25, 0.3) is 0 Å².